The average Bonchev–Trinajstić information content (AvgIpc) is 2.67. The summed E-state index contributed by atoms with van der Waals surface area (Å²) >= 11 is 0. The van der Waals surface area contributed by atoms with Crippen molar-refractivity contribution < 1.29 is 0 Å². The third-order valence-corrected chi connectivity index (χ3v) is 4.79. The van der Waals surface area contributed by atoms with Gasteiger partial charge in [0.15, 0.2) is 0 Å². The summed E-state index contributed by atoms with van der Waals surface area (Å²) in [6.07, 6.45) is 8.52. The molecule has 0 radical (unpaired) electrons. The second-order valence-electron chi connectivity index (χ2n) is 7.90. The van der Waals surface area contributed by atoms with Crippen LogP contribution in [0.1, 0.15) is 76.3 Å². The minimum absolute atomic E-state index is 0.201. The van der Waals surface area contributed by atoms with Crippen molar-refractivity contribution in [2.75, 3.05) is 6.54 Å². The van der Waals surface area contributed by atoms with Crippen LogP contribution >= 0.6 is 0 Å². The number of rotatable bonds is 4. The van der Waals surface area contributed by atoms with Crippen molar-refractivity contribution in [3.63, 3.8) is 0 Å². The molecule has 2 rings (SSSR count). The van der Waals surface area contributed by atoms with Gasteiger partial charge in [0.05, 0.1) is 0 Å². The average molecular weight is 287 g/mol. The zero-order valence-electron chi connectivity index (χ0n) is 14.4. The summed E-state index contributed by atoms with van der Waals surface area (Å²) in [7, 11) is 0. The van der Waals surface area contributed by atoms with Crippen LogP contribution in [0.4, 0.5) is 0 Å². The SMILES string of the molecule is Cc1cccc(C(CNC(C)(C)C)C2CCCCCC2)c1. The third kappa shape index (κ3) is 5.47. The normalized spacial score (nSPS) is 19.2. The van der Waals surface area contributed by atoms with Crippen LogP contribution in [-0.4, -0.2) is 12.1 Å². The lowest BCUT2D eigenvalue weighted by molar-refractivity contribution is 0.324. The highest BCUT2D eigenvalue weighted by molar-refractivity contribution is 5.26. The van der Waals surface area contributed by atoms with Gasteiger partial charge < -0.3 is 5.32 Å². The molecule has 1 N–H and O–H groups in total. The maximum Gasteiger partial charge on any atom is 0.00967 e. The highest BCUT2D eigenvalue weighted by atomic mass is 14.9. The van der Waals surface area contributed by atoms with E-state index in [0.717, 1.165) is 12.5 Å². The summed E-state index contributed by atoms with van der Waals surface area (Å²) in [5.41, 5.74) is 3.13. The van der Waals surface area contributed by atoms with Crippen molar-refractivity contribution in [3.8, 4) is 0 Å². The fourth-order valence-electron chi connectivity index (χ4n) is 3.59. The maximum atomic E-state index is 3.76. The van der Waals surface area contributed by atoms with Crippen LogP contribution in [0.25, 0.3) is 0 Å². The molecule has 0 bridgehead atoms. The van der Waals surface area contributed by atoms with E-state index in [2.05, 4.69) is 57.3 Å². The van der Waals surface area contributed by atoms with Crippen LogP contribution in [0, 0.1) is 12.8 Å². The number of hydrogen-bond acceptors (Lipinski definition) is 1. The maximum absolute atomic E-state index is 3.76. The Bertz CT molecular complexity index is 422. The Kier molecular flexibility index (Phi) is 5.87. The Labute approximate surface area is 131 Å². The Balaban J connectivity index is 2.16. The summed E-state index contributed by atoms with van der Waals surface area (Å²) < 4.78 is 0. The topological polar surface area (TPSA) is 12.0 Å². The van der Waals surface area contributed by atoms with E-state index < -0.39 is 0 Å². The molecule has 1 aromatic rings. The van der Waals surface area contributed by atoms with Crippen LogP contribution in [0.2, 0.25) is 0 Å². The van der Waals surface area contributed by atoms with E-state index >= 15 is 0 Å². The predicted octanol–water partition coefficient (Wildman–Crippen LogP) is 5.44. The Hall–Kier alpha value is -0.820. The molecule has 1 saturated carbocycles. The molecular weight excluding hydrogens is 254 g/mol. The van der Waals surface area contributed by atoms with Crippen molar-refractivity contribution in [3.05, 3.63) is 35.4 Å². The molecule has 0 aromatic heterocycles. The summed E-state index contributed by atoms with van der Waals surface area (Å²) in [5, 5.41) is 3.76. The fourth-order valence-corrected chi connectivity index (χ4v) is 3.59. The van der Waals surface area contributed by atoms with E-state index in [4.69, 9.17) is 0 Å². The number of benzene rings is 1. The minimum atomic E-state index is 0.201. The predicted molar refractivity (Wildman–Crippen MR) is 92.9 cm³/mol. The first kappa shape index (κ1) is 16.5. The lowest BCUT2D eigenvalue weighted by atomic mass is 9.80. The molecule has 1 atom stereocenters. The molecule has 1 aliphatic rings. The molecular formula is C20H33N. The van der Waals surface area contributed by atoms with E-state index in [0.29, 0.717) is 5.92 Å². The molecule has 21 heavy (non-hydrogen) atoms. The van der Waals surface area contributed by atoms with Crippen LogP contribution in [0.5, 0.6) is 0 Å². The highest BCUT2D eigenvalue weighted by Gasteiger charge is 2.25. The lowest BCUT2D eigenvalue weighted by Crippen LogP contribution is -2.40. The molecule has 1 nitrogen and oxygen atoms in total. The molecule has 118 valence electrons. The first-order valence-electron chi connectivity index (χ1n) is 8.77. The van der Waals surface area contributed by atoms with Gasteiger partial charge in [0.1, 0.15) is 0 Å². The van der Waals surface area contributed by atoms with E-state index in [1.807, 2.05) is 0 Å². The van der Waals surface area contributed by atoms with Gasteiger partial charge in [-0.05, 0) is 57.9 Å². The van der Waals surface area contributed by atoms with Gasteiger partial charge >= 0.3 is 0 Å². The second-order valence-corrected chi connectivity index (χ2v) is 7.90. The second kappa shape index (κ2) is 7.45. The van der Waals surface area contributed by atoms with Gasteiger partial charge in [-0.2, -0.15) is 0 Å². The Morgan fingerprint density at radius 2 is 1.76 bits per heavy atom. The fraction of sp³-hybridized carbons (Fsp3) is 0.700. The number of nitrogens with one attached hydrogen (secondary N) is 1. The van der Waals surface area contributed by atoms with E-state index in [1.165, 1.54) is 44.1 Å². The molecule has 1 fully saturated rings. The first-order valence-corrected chi connectivity index (χ1v) is 8.77. The van der Waals surface area contributed by atoms with Gasteiger partial charge in [0, 0.05) is 12.1 Å². The van der Waals surface area contributed by atoms with E-state index in [-0.39, 0.29) is 5.54 Å². The standard InChI is InChI=1S/C20H33N/c1-16-10-9-13-18(14-16)19(15-21-20(2,3)4)17-11-7-5-6-8-12-17/h9-10,13-14,17,19,21H,5-8,11-12,15H2,1-4H3. The summed E-state index contributed by atoms with van der Waals surface area (Å²) in [5.74, 6) is 1.52. The summed E-state index contributed by atoms with van der Waals surface area (Å²) in [6.45, 7) is 10.1. The smallest absolute Gasteiger partial charge is 0.00967 e. The van der Waals surface area contributed by atoms with Gasteiger partial charge in [-0.25, -0.2) is 0 Å². The molecule has 0 saturated heterocycles. The molecule has 1 aromatic carbocycles. The monoisotopic (exact) mass is 287 g/mol. The molecule has 1 aliphatic carbocycles. The highest BCUT2D eigenvalue weighted by Crippen LogP contribution is 2.35. The number of aryl methyl sites for hydroxylation is 1. The summed E-state index contributed by atoms with van der Waals surface area (Å²) in [6, 6.07) is 9.18. The molecule has 0 amide bonds. The molecule has 0 aliphatic heterocycles. The lowest BCUT2D eigenvalue weighted by Gasteiger charge is -2.31. The van der Waals surface area contributed by atoms with Gasteiger partial charge in [0.2, 0.25) is 0 Å². The largest absolute Gasteiger partial charge is 0.311 e. The van der Waals surface area contributed by atoms with Crippen molar-refractivity contribution in [2.45, 2.75) is 77.7 Å². The molecule has 0 heterocycles. The molecule has 1 unspecified atom stereocenters. The third-order valence-electron chi connectivity index (χ3n) is 4.79. The molecule has 0 spiro atoms. The Morgan fingerprint density at radius 1 is 1.10 bits per heavy atom. The zero-order valence-corrected chi connectivity index (χ0v) is 14.4. The quantitative estimate of drug-likeness (QED) is 0.727. The van der Waals surface area contributed by atoms with Crippen molar-refractivity contribution >= 4 is 0 Å². The first-order chi connectivity index (χ1) is 9.96. The Morgan fingerprint density at radius 3 is 2.33 bits per heavy atom. The van der Waals surface area contributed by atoms with Gasteiger partial charge in [-0.3, -0.25) is 0 Å². The van der Waals surface area contributed by atoms with Crippen LogP contribution in [-0.2, 0) is 0 Å². The van der Waals surface area contributed by atoms with E-state index in [1.54, 1.807) is 5.56 Å². The van der Waals surface area contributed by atoms with Gasteiger partial charge in [-0.1, -0.05) is 55.5 Å². The van der Waals surface area contributed by atoms with Crippen LogP contribution in [0.3, 0.4) is 0 Å². The van der Waals surface area contributed by atoms with Gasteiger partial charge in [-0.15, -0.1) is 0 Å². The zero-order chi connectivity index (χ0) is 15.3. The van der Waals surface area contributed by atoms with E-state index in [9.17, 15) is 0 Å². The van der Waals surface area contributed by atoms with Gasteiger partial charge in [0.25, 0.3) is 0 Å². The van der Waals surface area contributed by atoms with Crippen molar-refractivity contribution in [1.29, 1.82) is 0 Å². The van der Waals surface area contributed by atoms with Crippen LogP contribution in [0.15, 0.2) is 24.3 Å². The van der Waals surface area contributed by atoms with Crippen molar-refractivity contribution in [2.24, 2.45) is 5.92 Å². The number of hydrogen-bond donors (Lipinski definition) is 1. The van der Waals surface area contributed by atoms with Crippen molar-refractivity contribution in [1.82, 2.24) is 5.32 Å². The minimum Gasteiger partial charge on any atom is -0.311 e. The van der Waals surface area contributed by atoms with Crippen LogP contribution < -0.4 is 5.32 Å². The summed E-state index contributed by atoms with van der Waals surface area (Å²) in [4.78, 5) is 0. The molecule has 1 heteroatoms.